The predicted molar refractivity (Wildman–Crippen MR) is 140 cm³/mol. The first-order chi connectivity index (χ1) is 16.4. The van der Waals surface area contributed by atoms with E-state index in [1.807, 2.05) is 18.6 Å². The van der Waals surface area contributed by atoms with Crippen LogP contribution in [0.25, 0.3) is 39.4 Å². The summed E-state index contributed by atoms with van der Waals surface area (Å²) in [5.41, 5.74) is 5.40. The van der Waals surface area contributed by atoms with Crippen molar-refractivity contribution in [3.8, 4) is 11.4 Å². The summed E-state index contributed by atoms with van der Waals surface area (Å²) in [6.45, 7) is 3.12. The van der Waals surface area contributed by atoms with E-state index in [4.69, 9.17) is 14.7 Å². The number of pyridine rings is 2. The summed E-state index contributed by atoms with van der Waals surface area (Å²) in [5.74, 6) is 2.32. The van der Waals surface area contributed by atoms with Crippen molar-refractivity contribution in [1.29, 1.82) is 0 Å². The number of H-pyrrole nitrogens is 1. The Morgan fingerprint density at radius 3 is 2.85 bits per heavy atom. The lowest BCUT2D eigenvalue weighted by atomic mass is 9.79. The van der Waals surface area contributed by atoms with Gasteiger partial charge in [-0.2, -0.15) is 0 Å². The number of nitrogens with one attached hydrogen (secondary N) is 1. The predicted octanol–water partition coefficient (Wildman–Crippen LogP) is 4.64. The maximum absolute atomic E-state index is 5.65. The summed E-state index contributed by atoms with van der Waals surface area (Å²) in [5, 5.41) is 2.29. The van der Waals surface area contributed by atoms with E-state index in [1.165, 1.54) is 39.5 Å². The molecule has 1 N–H and O–H groups in total. The Kier molecular flexibility index (Phi) is 4.75. The number of halogens is 1. The molecule has 2 fully saturated rings. The standard InChI is InChI=1S/C25H23IN6O/c1-3-15(4-1)18-13-27-14-19-21(18)25(32-9-11-33-12-10-32)31-23(29-19)17-6-8-28-24-20(17)16-5-2-7-26-22(16)30-24/h2,5-8,13-15H,1,3-4,9-12H2,(H,28,30). The van der Waals surface area contributed by atoms with Crippen LogP contribution in [-0.2, 0) is 4.74 Å². The fraction of sp³-hybridized carbons (Fsp3) is 0.320. The average molecular weight is 550 g/mol. The highest BCUT2D eigenvalue weighted by atomic mass is 127. The third kappa shape index (κ3) is 3.22. The van der Waals surface area contributed by atoms with Crippen LogP contribution in [0.1, 0.15) is 36.3 Å². The van der Waals surface area contributed by atoms with Crippen molar-refractivity contribution in [2.45, 2.75) is 25.2 Å². The highest BCUT2D eigenvalue weighted by molar-refractivity contribution is 14.2. The van der Waals surface area contributed by atoms with Crippen molar-refractivity contribution in [1.82, 2.24) is 24.9 Å². The van der Waals surface area contributed by atoms with E-state index >= 15 is 0 Å². The first kappa shape index (κ1) is 19.7. The molecule has 7 rings (SSSR count). The molecular formula is C25H23IN6O. The molecule has 4 aromatic rings. The van der Waals surface area contributed by atoms with E-state index in [-0.39, 0.29) is 20.7 Å². The van der Waals surface area contributed by atoms with Crippen LogP contribution in [0.2, 0.25) is 0 Å². The van der Waals surface area contributed by atoms with E-state index in [1.54, 1.807) is 0 Å². The van der Waals surface area contributed by atoms with Crippen LogP contribution in [0, 0.1) is 3.70 Å². The second kappa shape index (κ2) is 7.95. The number of ether oxygens (including phenoxy) is 1. The lowest BCUT2D eigenvalue weighted by Crippen LogP contribution is -2.37. The molecule has 0 spiro atoms. The summed E-state index contributed by atoms with van der Waals surface area (Å²) in [6.07, 6.45) is 13.9. The number of hydrogen-bond acceptors (Lipinski definition) is 6. The molecule has 1 aliphatic carbocycles. The number of aromatic nitrogens is 5. The molecule has 0 unspecified atom stereocenters. The number of anilines is 1. The Morgan fingerprint density at radius 1 is 1.09 bits per heavy atom. The van der Waals surface area contributed by atoms with Gasteiger partial charge in [-0.25, -0.2) is 15.0 Å². The van der Waals surface area contributed by atoms with Gasteiger partial charge in [0.15, 0.2) is 5.82 Å². The minimum absolute atomic E-state index is 0.170. The van der Waals surface area contributed by atoms with E-state index in [2.05, 4.69) is 42.1 Å². The number of rotatable bonds is 3. The molecular weight excluding hydrogens is 527 g/mol. The molecule has 0 bridgehead atoms. The van der Waals surface area contributed by atoms with E-state index in [0.717, 1.165) is 60.1 Å². The second-order valence-electron chi connectivity index (χ2n) is 8.75. The molecule has 33 heavy (non-hydrogen) atoms. The fourth-order valence-electron chi connectivity index (χ4n) is 5.01. The molecule has 6 heterocycles. The molecule has 2 aliphatic heterocycles. The van der Waals surface area contributed by atoms with Crippen molar-refractivity contribution in [2.24, 2.45) is 0 Å². The first-order valence-electron chi connectivity index (χ1n) is 11.5. The molecule has 1 saturated carbocycles. The Morgan fingerprint density at radius 2 is 2.00 bits per heavy atom. The molecule has 1 saturated heterocycles. The topological polar surface area (TPSA) is 79.8 Å². The van der Waals surface area contributed by atoms with Crippen molar-refractivity contribution in [2.75, 3.05) is 31.2 Å². The molecule has 0 radical (unpaired) electrons. The van der Waals surface area contributed by atoms with Gasteiger partial charge in [0.05, 0.1) is 28.6 Å². The Bertz CT molecular complexity index is 1450. The zero-order chi connectivity index (χ0) is 21.8. The third-order valence-electron chi connectivity index (χ3n) is 6.91. The van der Waals surface area contributed by atoms with Gasteiger partial charge in [-0.3, -0.25) is 4.98 Å². The van der Waals surface area contributed by atoms with E-state index < -0.39 is 0 Å². The molecule has 8 heteroatoms. The highest BCUT2D eigenvalue weighted by Gasteiger charge is 2.27. The molecule has 0 atom stereocenters. The molecule has 166 valence electrons. The Hall–Kier alpha value is -2.72. The van der Waals surface area contributed by atoms with Crippen LogP contribution in [0.3, 0.4) is 0 Å². The number of aromatic amines is 1. The summed E-state index contributed by atoms with van der Waals surface area (Å²) >= 11 is -0.170. The lowest BCUT2D eigenvalue weighted by molar-refractivity contribution is 0.122. The summed E-state index contributed by atoms with van der Waals surface area (Å²) in [6, 6.07) is 2.05. The van der Waals surface area contributed by atoms with Crippen LogP contribution in [0.5, 0.6) is 0 Å². The van der Waals surface area contributed by atoms with Crippen molar-refractivity contribution in [3.63, 3.8) is 0 Å². The number of fused-ring (bicyclic) bond motifs is 4. The Labute approximate surface area is 201 Å². The smallest absolute Gasteiger partial charge is 0.163 e. The van der Waals surface area contributed by atoms with E-state index in [9.17, 15) is 0 Å². The highest BCUT2D eigenvalue weighted by Crippen LogP contribution is 2.42. The molecule has 7 nitrogen and oxygen atoms in total. The largest absolute Gasteiger partial charge is 0.378 e. The number of nitrogens with zero attached hydrogens (tertiary/aromatic N) is 5. The van der Waals surface area contributed by atoms with Crippen LogP contribution in [0.15, 0.2) is 30.7 Å². The van der Waals surface area contributed by atoms with Crippen LogP contribution >= 0.6 is 20.7 Å². The van der Waals surface area contributed by atoms with Crippen molar-refractivity contribution < 1.29 is 4.74 Å². The van der Waals surface area contributed by atoms with Gasteiger partial charge in [-0.15, -0.1) is 0 Å². The normalized spacial score (nSPS) is 18.4. The monoisotopic (exact) mass is 550 g/mol. The van der Waals surface area contributed by atoms with Crippen molar-refractivity contribution in [3.05, 3.63) is 45.6 Å². The van der Waals surface area contributed by atoms with Gasteiger partial charge in [0.2, 0.25) is 0 Å². The van der Waals surface area contributed by atoms with Crippen LogP contribution in [-0.4, -0.2) is 55.2 Å². The van der Waals surface area contributed by atoms with Gasteiger partial charge < -0.3 is 14.6 Å². The maximum Gasteiger partial charge on any atom is 0.163 e. The number of morpholine rings is 1. The van der Waals surface area contributed by atoms with Gasteiger partial charge in [-0.1, -0.05) is 39.3 Å². The maximum atomic E-state index is 5.65. The van der Waals surface area contributed by atoms with Crippen molar-refractivity contribution >= 4 is 58.6 Å². The zero-order valence-electron chi connectivity index (χ0n) is 18.1. The minimum Gasteiger partial charge on any atom is -0.378 e. The number of hydrogen-bond donors (Lipinski definition) is 1. The molecule has 3 aliphatic rings. The lowest BCUT2D eigenvalue weighted by Gasteiger charge is -2.32. The molecule has 4 aromatic heterocycles. The zero-order valence-corrected chi connectivity index (χ0v) is 20.2. The molecule has 0 amide bonds. The van der Waals surface area contributed by atoms with Crippen LogP contribution in [0.4, 0.5) is 5.82 Å². The van der Waals surface area contributed by atoms with Gasteiger partial charge in [0, 0.05) is 47.4 Å². The Balaban J connectivity index is 1.49. The summed E-state index contributed by atoms with van der Waals surface area (Å²) in [4.78, 5) is 25.5. The second-order valence-corrected chi connectivity index (χ2v) is 11.2. The third-order valence-corrected chi connectivity index (χ3v) is 9.15. The average Bonchev–Trinajstić information content (AvgIpc) is 3.22. The fourth-order valence-corrected chi connectivity index (χ4v) is 6.98. The van der Waals surface area contributed by atoms with Gasteiger partial charge >= 0.3 is 0 Å². The van der Waals surface area contributed by atoms with Gasteiger partial charge in [0.1, 0.15) is 11.5 Å². The van der Waals surface area contributed by atoms with Crippen LogP contribution < -0.4 is 4.90 Å². The van der Waals surface area contributed by atoms with Gasteiger partial charge in [-0.05, 0) is 34.4 Å². The first-order valence-corrected chi connectivity index (χ1v) is 13.8. The summed E-state index contributed by atoms with van der Waals surface area (Å²) in [7, 11) is 0. The quantitative estimate of drug-likeness (QED) is 0.375. The van der Waals surface area contributed by atoms with Gasteiger partial charge in [0.25, 0.3) is 0 Å². The van der Waals surface area contributed by atoms with E-state index in [0.29, 0.717) is 5.92 Å². The number of allylic oxidation sites excluding steroid dienone is 1. The molecule has 0 aromatic carbocycles. The SMILES string of the molecule is C1=Cc2c([nH]c3nccc(-c4nc(N5CCOCC5)c5c(C6CCC6)cncc5n4)c23)I=C1. The minimum atomic E-state index is -0.170. The summed E-state index contributed by atoms with van der Waals surface area (Å²) < 4.78 is 9.22.